The van der Waals surface area contributed by atoms with Gasteiger partial charge in [0, 0.05) is 6.42 Å². The highest BCUT2D eigenvalue weighted by atomic mass is 79.9. The fraction of sp³-hybridized carbons (Fsp3) is 0.846. The Bertz CT molecular complexity index is 318. The van der Waals surface area contributed by atoms with Crippen LogP contribution < -0.4 is 5.32 Å². The van der Waals surface area contributed by atoms with E-state index in [1.165, 1.54) is 0 Å². The molecule has 0 rings (SSSR count). The summed E-state index contributed by atoms with van der Waals surface area (Å²) in [5, 5.41) is 2.60. The SMILES string of the molecule is CC(C)(C)OC(=O)CC[C@@H](Br)NC(=O)OC(C)(C)C. The molecule has 0 saturated carbocycles. The number of carbonyl (C=O) groups is 2. The lowest BCUT2D eigenvalue weighted by Crippen LogP contribution is -2.36. The van der Waals surface area contributed by atoms with Crippen LogP contribution in [-0.4, -0.2) is 28.2 Å². The standard InChI is InChI=1S/C13H24BrNO4/c1-12(2,3)18-10(16)8-7-9(14)15-11(17)19-13(4,5)6/h9H,7-8H2,1-6H3,(H,15,17)/t9-/m0/s1. The third-order valence-corrected chi connectivity index (χ3v) is 2.38. The minimum absolute atomic E-state index is 0.225. The van der Waals surface area contributed by atoms with Gasteiger partial charge >= 0.3 is 12.1 Å². The lowest BCUT2D eigenvalue weighted by molar-refractivity contribution is -0.154. The van der Waals surface area contributed by atoms with Crippen molar-refractivity contribution in [3.8, 4) is 0 Å². The van der Waals surface area contributed by atoms with Crippen molar-refractivity contribution in [2.75, 3.05) is 0 Å². The Hall–Kier alpha value is -0.780. The Kier molecular flexibility index (Phi) is 6.83. The van der Waals surface area contributed by atoms with Gasteiger partial charge in [-0.2, -0.15) is 0 Å². The van der Waals surface area contributed by atoms with Gasteiger partial charge in [-0.05, 0) is 48.0 Å². The maximum Gasteiger partial charge on any atom is 0.408 e. The molecule has 0 unspecified atom stereocenters. The summed E-state index contributed by atoms with van der Waals surface area (Å²) >= 11 is 3.27. The van der Waals surface area contributed by atoms with E-state index in [9.17, 15) is 9.59 Å². The first kappa shape index (κ1) is 18.2. The van der Waals surface area contributed by atoms with Crippen LogP contribution in [0.4, 0.5) is 4.79 Å². The fourth-order valence-corrected chi connectivity index (χ4v) is 1.56. The van der Waals surface area contributed by atoms with Gasteiger partial charge in [0.1, 0.15) is 11.2 Å². The Balaban J connectivity index is 3.96. The molecule has 19 heavy (non-hydrogen) atoms. The van der Waals surface area contributed by atoms with Gasteiger partial charge in [-0.3, -0.25) is 4.79 Å². The zero-order valence-corrected chi connectivity index (χ0v) is 14.1. The first-order chi connectivity index (χ1) is 8.39. The van der Waals surface area contributed by atoms with Gasteiger partial charge in [-0.25, -0.2) is 4.79 Å². The zero-order valence-electron chi connectivity index (χ0n) is 12.5. The fourth-order valence-electron chi connectivity index (χ4n) is 1.14. The molecule has 0 bridgehead atoms. The number of hydrogen-bond acceptors (Lipinski definition) is 4. The first-order valence-corrected chi connectivity index (χ1v) is 7.16. The van der Waals surface area contributed by atoms with Crippen molar-refractivity contribution in [1.29, 1.82) is 0 Å². The van der Waals surface area contributed by atoms with Crippen molar-refractivity contribution in [3.05, 3.63) is 0 Å². The maximum absolute atomic E-state index is 11.5. The molecule has 5 nitrogen and oxygen atoms in total. The van der Waals surface area contributed by atoms with Crippen LogP contribution in [0, 0.1) is 0 Å². The third kappa shape index (κ3) is 12.0. The zero-order chi connectivity index (χ0) is 15.3. The Labute approximate surface area is 123 Å². The Morgan fingerprint density at radius 2 is 1.53 bits per heavy atom. The smallest absolute Gasteiger partial charge is 0.408 e. The van der Waals surface area contributed by atoms with Crippen LogP contribution in [-0.2, 0) is 14.3 Å². The average molecular weight is 338 g/mol. The van der Waals surface area contributed by atoms with Gasteiger partial charge in [-0.1, -0.05) is 15.9 Å². The number of halogens is 1. The third-order valence-electron chi connectivity index (χ3n) is 1.70. The second-order valence-corrected chi connectivity index (χ2v) is 7.34. The molecule has 0 aromatic carbocycles. The van der Waals surface area contributed by atoms with Crippen molar-refractivity contribution >= 4 is 28.0 Å². The van der Waals surface area contributed by atoms with E-state index in [1.54, 1.807) is 20.8 Å². The van der Waals surface area contributed by atoms with Crippen LogP contribution >= 0.6 is 15.9 Å². The van der Waals surface area contributed by atoms with Crippen LogP contribution in [0.25, 0.3) is 0 Å². The van der Waals surface area contributed by atoms with Gasteiger partial charge in [0.25, 0.3) is 0 Å². The Morgan fingerprint density at radius 1 is 1.05 bits per heavy atom. The monoisotopic (exact) mass is 337 g/mol. The summed E-state index contributed by atoms with van der Waals surface area (Å²) in [6.45, 7) is 10.8. The van der Waals surface area contributed by atoms with Crippen LogP contribution in [0.3, 0.4) is 0 Å². The molecule has 0 radical (unpaired) electrons. The quantitative estimate of drug-likeness (QED) is 0.485. The molecular weight excluding hydrogens is 314 g/mol. The summed E-state index contributed by atoms with van der Waals surface area (Å²) < 4.78 is 10.3. The van der Waals surface area contributed by atoms with Crippen LogP contribution in [0.15, 0.2) is 0 Å². The number of esters is 1. The van der Waals surface area contributed by atoms with Crippen molar-refractivity contribution in [3.63, 3.8) is 0 Å². The van der Waals surface area contributed by atoms with Crippen LogP contribution in [0.1, 0.15) is 54.4 Å². The van der Waals surface area contributed by atoms with Gasteiger partial charge in [0.2, 0.25) is 0 Å². The van der Waals surface area contributed by atoms with Crippen molar-refractivity contribution in [2.24, 2.45) is 0 Å². The molecule has 1 amide bonds. The molecule has 0 aliphatic rings. The number of carbonyl (C=O) groups excluding carboxylic acids is 2. The number of amides is 1. The lowest BCUT2D eigenvalue weighted by Gasteiger charge is -2.22. The summed E-state index contributed by atoms with van der Waals surface area (Å²) in [6.07, 6.45) is 0.149. The molecule has 1 N–H and O–H groups in total. The summed E-state index contributed by atoms with van der Waals surface area (Å²) in [7, 11) is 0. The number of hydrogen-bond donors (Lipinski definition) is 1. The molecule has 0 heterocycles. The maximum atomic E-state index is 11.5. The molecule has 0 saturated heterocycles. The van der Waals surface area contributed by atoms with Gasteiger partial charge < -0.3 is 14.8 Å². The van der Waals surface area contributed by atoms with E-state index in [2.05, 4.69) is 21.2 Å². The number of ether oxygens (including phenoxy) is 2. The van der Waals surface area contributed by atoms with Crippen LogP contribution in [0.2, 0.25) is 0 Å². The van der Waals surface area contributed by atoms with Gasteiger partial charge in [0.15, 0.2) is 0 Å². The van der Waals surface area contributed by atoms with Gasteiger partial charge in [0.05, 0.1) is 4.95 Å². The normalized spacial score (nSPS) is 13.6. The molecule has 112 valence electrons. The number of rotatable bonds is 4. The summed E-state index contributed by atoms with van der Waals surface area (Å²) in [6, 6.07) is 0. The minimum atomic E-state index is -0.540. The first-order valence-electron chi connectivity index (χ1n) is 6.24. The minimum Gasteiger partial charge on any atom is -0.460 e. The van der Waals surface area contributed by atoms with E-state index in [-0.39, 0.29) is 17.3 Å². The summed E-state index contributed by atoms with van der Waals surface area (Å²) in [5.74, 6) is -0.289. The van der Waals surface area contributed by atoms with Crippen molar-refractivity contribution < 1.29 is 19.1 Å². The van der Waals surface area contributed by atoms with Gasteiger partial charge in [-0.15, -0.1) is 0 Å². The van der Waals surface area contributed by atoms with E-state index >= 15 is 0 Å². The van der Waals surface area contributed by atoms with E-state index in [1.807, 2.05) is 20.8 Å². The number of alkyl carbamates (subject to hydrolysis) is 1. The molecule has 0 aliphatic carbocycles. The number of nitrogens with one attached hydrogen (secondary N) is 1. The molecule has 1 atom stereocenters. The largest absolute Gasteiger partial charge is 0.460 e. The van der Waals surface area contributed by atoms with Crippen LogP contribution in [0.5, 0.6) is 0 Å². The van der Waals surface area contributed by atoms with E-state index in [0.29, 0.717) is 6.42 Å². The van der Waals surface area contributed by atoms with E-state index in [0.717, 1.165) is 0 Å². The predicted octanol–water partition coefficient (Wildman–Crippen LogP) is 3.35. The van der Waals surface area contributed by atoms with E-state index < -0.39 is 17.3 Å². The topological polar surface area (TPSA) is 64.6 Å². The molecule has 0 aromatic heterocycles. The molecular formula is C13H24BrNO4. The second-order valence-electron chi connectivity index (χ2n) is 6.24. The molecule has 0 aliphatic heterocycles. The second kappa shape index (κ2) is 7.12. The lowest BCUT2D eigenvalue weighted by atomic mass is 10.2. The van der Waals surface area contributed by atoms with Crippen molar-refractivity contribution in [2.45, 2.75) is 70.5 Å². The molecule has 0 aromatic rings. The molecule has 6 heteroatoms. The highest BCUT2D eigenvalue weighted by molar-refractivity contribution is 9.09. The molecule has 0 spiro atoms. The van der Waals surface area contributed by atoms with E-state index in [4.69, 9.17) is 9.47 Å². The molecule has 0 fully saturated rings. The summed E-state index contributed by atoms with van der Waals surface area (Å²) in [4.78, 5) is 22.6. The predicted molar refractivity (Wildman–Crippen MR) is 77.2 cm³/mol. The highest BCUT2D eigenvalue weighted by Gasteiger charge is 2.20. The average Bonchev–Trinajstić information content (AvgIpc) is 2.08. The highest BCUT2D eigenvalue weighted by Crippen LogP contribution is 2.13. The van der Waals surface area contributed by atoms with Crippen molar-refractivity contribution in [1.82, 2.24) is 5.32 Å². The number of alkyl halides is 1. The Morgan fingerprint density at radius 3 is 1.95 bits per heavy atom. The summed E-state index contributed by atoms with van der Waals surface area (Å²) in [5.41, 5.74) is -1.03.